The lowest BCUT2D eigenvalue weighted by molar-refractivity contribution is 0.0352. The zero-order chi connectivity index (χ0) is 12.0. The number of ether oxygens (including phenoxy) is 2. The van der Waals surface area contributed by atoms with Crippen LogP contribution in [0.2, 0.25) is 5.02 Å². The summed E-state index contributed by atoms with van der Waals surface area (Å²) in [6.07, 6.45) is 0.253. The van der Waals surface area contributed by atoms with Gasteiger partial charge in [0.15, 0.2) is 0 Å². The Balaban J connectivity index is 2.70. The molecule has 0 bridgehead atoms. The topological polar surface area (TPSA) is 38.7 Å². The van der Waals surface area contributed by atoms with Crippen molar-refractivity contribution >= 4 is 11.6 Å². The number of halogens is 1. The van der Waals surface area contributed by atoms with E-state index in [4.69, 9.17) is 21.1 Å². The van der Waals surface area contributed by atoms with Crippen LogP contribution >= 0.6 is 11.6 Å². The number of aliphatic hydroxyl groups excluding tert-OH is 1. The number of hydrogen-bond acceptors (Lipinski definition) is 3. The van der Waals surface area contributed by atoms with Crippen LogP contribution in [0, 0.1) is 0 Å². The van der Waals surface area contributed by atoms with Gasteiger partial charge in [-0.25, -0.2) is 0 Å². The maximum Gasteiger partial charge on any atom is 0.126 e. The summed E-state index contributed by atoms with van der Waals surface area (Å²) in [4.78, 5) is 0. The fourth-order valence-corrected chi connectivity index (χ4v) is 1.55. The minimum Gasteiger partial charge on any atom is -0.496 e. The second-order valence-electron chi connectivity index (χ2n) is 3.48. The zero-order valence-corrected chi connectivity index (χ0v) is 10.3. The Labute approximate surface area is 101 Å². The summed E-state index contributed by atoms with van der Waals surface area (Å²) in [5.74, 6) is 0.583. The number of methoxy groups -OCH3 is 1. The summed E-state index contributed by atoms with van der Waals surface area (Å²) in [5, 5.41) is 10.5. The molecule has 1 rings (SSSR count). The molecule has 0 aliphatic heterocycles. The van der Waals surface area contributed by atoms with E-state index in [1.165, 1.54) is 0 Å². The number of aliphatic hydroxyl groups is 1. The first-order chi connectivity index (χ1) is 7.69. The molecule has 0 heterocycles. The minimum absolute atomic E-state index is 0.270. The van der Waals surface area contributed by atoms with Crippen molar-refractivity contribution in [3.8, 4) is 5.75 Å². The van der Waals surface area contributed by atoms with Crippen LogP contribution in [0.4, 0.5) is 0 Å². The first-order valence-corrected chi connectivity index (χ1v) is 5.66. The average molecular weight is 245 g/mol. The second-order valence-corrected chi connectivity index (χ2v) is 3.91. The van der Waals surface area contributed by atoms with Gasteiger partial charge in [0.25, 0.3) is 0 Å². The van der Waals surface area contributed by atoms with E-state index in [2.05, 4.69) is 0 Å². The van der Waals surface area contributed by atoms with E-state index in [9.17, 15) is 5.11 Å². The molecular formula is C12H17ClO3. The third kappa shape index (κ3) is 3.67. The zero-order valence-electron chi connectivity index (χ0n) is 9.57. The van der Waals surface area contributed by atoms with Gasteiger partial charge >= 0.3 is 0 Å². The molecule has 0 aliphatic carbocycles. The van der Waals surface area contributed by atoms with Crippen LogP contribution in [0.1, 0.15) is 25.0 Å². The highest BCUT2D eigenvalue weighted by Crippen LogP contribution is 2.28. The van der Waals surface area contributed by atoms with Gasteiger partial charge < -0.3 is 14.6 Å². The van der Waals surface area contributed by atoms with Crippen LogP contribution < -0.4 is 4.74 Å². The van der Waals surface area contributed by atoms with Crippen LogP contribution in [-0.4, -0.2) is 25.4 Å². The highest BCUT2D eigenvalue weighted by Gasteiger charge is 2.13. The lowest BCUT2D eigenvalue weighted by atomic mass is 10.1. The molecule has 0 radical (unpaired) electrons. The standard InChI is InChI=1S/C12H17ClO3/c1-3-6-16-8-11(14)10-5-4-9(13)7-12(10)15-2/h4-5,7,11,14H,3,6,8H2,1-2H3. The molecule has 1 aromatic rings. The van der Waals surface area contributed by atoms with E-state index in [1.807, 2.05) is 6.92 Å². The summed E-state index contributed by atoms with van der Waals surface area (Å²) >= 11 is 5.83. The van der Waals surface area contributed by atoms with Gasteiger partial charge in [-0.2, -0.15) is 0 Å². The smallest absolute Gasteiger partial charge is 0.126 e. The van der Waals surface area contributed by atoms with Gasteiger partial charge in [0.2, 0.25) is 0 Å². The molecule has 16 heavy (non-hydrogen) atoms. The van der Waals surface area contributed by atoms with Crippen molar-refractivity contribution in [3.05, 3.63) is 28.8 Å². The predicted octanol–water partition coefficient (Wildman–Crippen LogP) is 2.81. The van der Waals surface area contributed by atoms with Crippen LogP contribution in [0.3, 0.4) is 0 Å². The quantitative estimate of drug-likeness (QED) is 0.782. The predicted molar refractivity (Wildman–Crippen MR) is 64.1 cm³/mol. The molecule has 0 aliphatic rings. The molecule has 1 unspecified atom stereocenters. The van der Waals surface area contributed by atoms with E-state index < -0.39 is 6.10 Å². The molecule has 0 aromatic heterocycles. The molecule has 90 valence electrons. The van der Waals surface area contributed by atoms with Crippen molar-refractivity contribution in [2.24, 2.45) is 0 Å². The Morgan fingerprint density at radius 3 is 2.81 bits per heavy atom. The first-order valence-electron chi connectivity index (χ1n) is 5.28. The summed E-state index contributed by atoms with van der Waals surface area (Å²) in [6, 6.07) is 5.16. The monoisotopic (exact) mass is 244 g/mol. The van der Waals surface area contributed by atoms with E-state index in [0.717, 1.165) is 6.42 Å². The van der Waals surface area contributed by atoms with Crippen LogP contribution in [-0.2, 0) is 4.74 Å². The summed E-state index contributed by atoms with van der Waals surface area (Å²) in [7, 11) is 1.55. The Morgan fingerprint density at radius 1 is 1.44 bits per heavy atom. The SMILES string of the molecule is CCCOCC(O)c1ccc(Cl)cc1OC. The third-order valence-corrected chi connectivity index (χ3v) is 2.41. The van der Waals surface area contributed by atoms with Crippen LogP contribution in [0.25, 0.3) is 0 Å². The molecule has 0 amide bonds. The lowest BCUT2D eigenvalue weighted by Crippen LogP contribution is -2.09. The Hall–Kier alpha value is -0.770. The maximum absolute atomic E-state index is 9.90. The van der Waals surface area contributed by atoms with Gasteiger partial charge in [-0.15, -0.1) is 0 Å². The van der Waals surface area contributed by atoms with Crippen molar-refractivity contribution in [1.29, 1.82) is 0 Å². The highest BCUT2D eigenvalue weighted by atomic mass is 35.5. The van der Waals surface area contributed by atoms with Crippen molar-refractivity contribution in [2.45, 2.75) is 19.4 Å². The molecule has 4 heteroatoms. The molecular weight excluding hydrogens is 228 g/mol. The van der Waals surface area contributed by atoms with Gasteiger partial charge in [0.05, 0.1) is 13.7 Å². The number of benzene rings is 1. The minimum atomic E-state index is -0.682. The lowest BCUT2D eigenvalue weighted by Gasteiger charge is -2.15. The fraction of sp³-hybridized carbons (Fsp3) is 0.500. The van der Waals surface area contributed by atoms with Crippen molar-refractivity contribution < 1.29 is 14.6 Å². The van der Waals surface area contributed by atoms with E-state index in [0.29, 0.717) is 22.9 Å². The van der Waals surface area contributed by atoms with Crippen LogP contribution in [0.15, 0.2) is 18.2 Å². The van der Waals surface area contributed by atoms with Crippen molar-refractivity contribution in [2.75, 3.05) is 20.3 Å². The molecule has 0 saturated carbocycles. The summed E-state index contributed by atoms with van der Waals surface area (Å²) in [6.45, 7) is 2.94. The first kappa shape index (κ1) is 13.3. The van der Waals surface area contributed by atoms with Crippen molar-refractivity contribution in [1.82, 2.24) is 0 Å². The van der Waals surface area contributed by atoms with Gasteiger partial charge in [-0.05, 0) is 18.6 Å². The molecule has 1 aromatic carbocycles. The second kappa shape index (κ2) is 6.74. The van der Waals surface area contributed by atoms with Crippen LogP contribution in [0.5, 0.6) is 5.75 Å². The van der Waals surface area contributed by atoms with E-state index in [-0.39, 0.29) is 6.61 Å². The van der Waals surface area contributed by atoms with Gasteiger partial charge in [0.1, 0.15) is 11.9 Å². The van der Waals surface area contributed by atoms with Gasteiger partial charge in [0, 0.05) is 17.2 Å². The molecule has 0 fully saturated rings. The normalized spacial score (nSPS) is 12.5. The number of hydrogen-bond donors (Lipinski definition) is 1. The molecule has 1 atom stereocenters. The summed E-state index contributed by atoms with van der Waals surface area (Å²) in [5.41, 5.74) is 0.697. The van der Waals surface area contributed by atoms with Gasteiger partial charge in [-0.3, -0.25) is 0 Å². The largest absolute Gasteiger partial charge is 0.496 e. The average Bonchev–Trinajstić information content (AvgIpc) is 2.29. The Bertz CT molecular complexity index is 328. The third-order valence-electron chi connectivity index (χ3n) is 2.18. The molecule has 0 spiro atoms. The Morgan fingerprint density at radius 2 is 2.19 bits per heavy atom. The van der Waals surface area contributed by atoms with Gasteiger partial charge in [-0.1, -0.05) is 24.6 Å². The maximum atomic E-state index is 9.90. The Kier molecular flexibility index (Phi) is 5.60. The number of rotatable bonds is 6. The summed E-state index contributed by atoms with van der Waals surface area (Å²) < 4.78 is 10.4. The van der Waals surface area contributed by atoms with E-state index in [1.54, 1.807) is 25.3 Å². The molecule has 3 nitrogen and oxygen atoms in total. The highest BCUT2D eigenvalue weighted by molar-refractivity contribution is 6.30. The van der Waals surface area contributed by atoms with Crippen molar-refractivity contribution in [3.63, 3.8) is 0 Å². The molecule has 1 N–H and O–H groups in total. The fourth-order valence-electron chi connectivity index (χ4n) is 1.39. The van der Waals surface area contributed by atoms with E-state index >= 15 is 0 Å². The molecule has 0 saturated heterocycles.